The van der Waals surface area contributed by atoms with Crippen molar-refractivity contribution in [2.75, 3.05) is 0 Å². The van der Waals surface area contributed by atoms with Crippen LogP contribution in [0.4, 0.5) is 0 Å². The molecule has 0 N–H and O–H groups in total. The van der Waals surface area contributed by atoms with Crippen LogP contribution in [0.3, 0.4) is 0 Å². The van der Waals surface area contributed by atoms with Crippen LogP contribution < -0.4 is 5.69 Å². The molecule has 0 saturated heterocycles. The van der Waals surface area contributed by atoms with E-state index in [0.717, 1.165) is 4.68 Å². The highest BCUT2D eigenvalue weighted by atomic mass is 16.2. The summed E-state index contributed by atoms with van der Waals surface area (Å²) in [5, 5.41) is 3.71. The van der Waals surface area contributed by atoms with Crippen LogP contribution in [-0.2, 0) is 0 Å². The Labute approximate surface area is 85.6 Å². The van der Waals surface area contributed by atoms with Gasteiger partial charge in [0.25, 0.3) is 0 Å². The number of carbonyl (C=O) groups excluding carboxylic acids is 1. The molecule has 2 rings (SSSR count). The Kier molecular flexibility index (Phi) is 2.21. The van der Waals surface area contributed by atoms with Crippen molar-refractivity contribution < 1.29 is 4.79 Å². The fraction of sp³-hybridized carbons (Fsp3) is 0.100. The summed E-state index contributed by atoms with van der Waals surface area (Å²) in [5.41, 5.74) is 0.240. The van der Waals surface area contributed by atoms with Crippen LogP contribution in [0, 0.1) is 0 Å². The van der Waals surface area contributed by atoms with Gasteiger partial charge in [-0.15, -0.1) is 4.68 Å². The van der Waals surface area contributed by atoms with E-state index in [0.29, 0.717) is 5.69 Å². The number of benzene rings is 1. The topological polar surface area (TPSA) is 56.9 Å². The summed E-state index contributed by atoms with van der Waals surface area (Å²) in [4.78, 5) is 22.7. The summed E-state index contributed by atoms with van der Waals surface area (Å²) in [6.45, 7) is 1.30. The molecule has 0 fully saturated rings. The molecule has 0 unspecified atom stereocenters. The summed E-state index contributed by atoms with van der Waals surface area (Å²) < 4.78 is 2.15. The number of rotatable bonds is 1. The minimum atomic E-state index is -0.450. The van der Waals surface area contributed by atoms with Gasteiger partial charge in [0, 0.05) is 6.92 Å². The van der Waals surface area contributed by atoms with E-state index in [9.17, 15) is 9.59 Å². The molecule has 5 nitrogen and oxygen atoms in total. The predicted molar refractivity (Wildman–Crippen MR) is 54.1 cm³/mol. The Balaban J connectivity index is 2.57. The molecule has 0 atom stereocenters. The fourth-order valence-corrected chi connectivity index (χ4v) is 1.29. The van der Waals surface area contributed by atoms with Crippen LogP contribution in [0.2, 0.25) is 0 Å². The van der Waals surface area contributed by atoms with E-state index < -0.39 is 11.6 Å². The van der Waals surface area contributed by atoms with Crippen molar-refractivity contribution in [1.82, 2.24) is 14.3 Å². The lowest BCUT2D eigenvalue weighted by atomic mass is 10.3. The lowest BCUT2D eigenvalue weighted by Crippen LogP contribution is -2.27. The first-order valence-electron chi connectivity index (χ1n) is 4.43. The number of para-hydroxylation sites is 1. The first-order valence-corrected chi connectivity index (χ1v) is 4.43. The van der Waals surface area contributed by atoms with Crippen molar-refractivity contribution in [1.29, 1.82) is 0 Å². The van der Waals surface area contributed by atoms with Gasteiger partial charge in [-0.05, 0) is 12.1 Å². The van der Waals surface area contributed by atoms with E-state index in [-0.39, 0.29) is 0 Å². The third-order valence-corrected chi connectivity index (χ3v) is 2.00. The van der Waals surface area contributed by atoms with Crippen LogP contribution in [-0.4, -0.2) is 20.3 Å². The maximum absolute atomic E-state index is 11.7. The minimum absolute atomic E-state index is 0.394. The fourth-order valence-electron chi connectivity index (χ4n) is 1.29. The molecule has 0 aliphatic heterocycles. The van der Waals surface area contributed by atoms with Crippen LogP contribution in [0.1, 0.15) is 11.7 Å². The van der Waals surface area contributed by atoms with Gasteiger partial charge >= 0.3 is 5.69 Å². The molecule has 0 saturated carbocycles. The molecule has 0 radical (unpaired) electrons. The zero-order valence-electron chi connectivity index (χ0n) is 8.12. The molecular formula is C10H9N3O2. The first kappa shape index (κ1) is 9.39. The zero-order valence-corrected chi connectivity index (χ0v) is 8.12. The van der Waals surface area contributed by atoms with Crippen molar-refractivity contribution in [3.8, 4) is 5.69 Å². The molecule has 0 bridgehead atoms. The predicted octanol–water partition coefficient (Wildman–Crippen LogP) is 0.694. The number of aromatic nitrogens is 3. The number of carbonyl (C=O) groups is 1. The lowest BCUT2D eigenvalue weighted by molar-refractivity contribution is 0.0916. The molecule has 2 aromatic rings. The molecule has 0 spiro atoms. The Morgan fingerprint density at radius 1 is 1.27 bits per heavy atom. The third-order valence-electron chi connectivity index (χ3n) is 2.00. The summed E-state index contributed by atoms with van der Waals surface area (Å²) in [5.74, 6) is -0.394. The van der Waals surface area contributed by atoms with Gasteiger partial charge in [-0.1, -0.05) is 18.2 Å². The third kappa shape index (κ3) is 1.59. The van der Waals surface area contributed by atoms with Gasteiger partial charge in [-0.25, -0.2) is 9.36 Å². The summed E-state index contributed by atoms with van der Waals surface area (Å²) >= 11 is 0. The largest absolute Gasteiger partial charge is 0.357 e. The molecule has 5 heteroatoms. The van der Waals surface area contributed by atoms with Gasteiger partial charge in [0.05, 0.1) is 5.69 Å². The Bertz CT molecular complexity index is 539. The molecule has 0 aliphatic carbocycles. The SMILES string of the molecule is CC(=O)n1ncn(-c2ccccc2)c1=O. The van der Waals surface area contributed by atoms with Gasteiger partial charge in [-0.2, -0.15) is 5.10 Å². The van der Waals surface area contributed by atoms with Crippen LogP contribution in [0.5, 0.6) is 0 Å². The van der Waals surface area contributed by atoms with Crippen LogP contribution >= 0.6 is 0 Å². The van der Waals surface area contributed by atoms with Crippen molar-refractivity contribution in [2.24, 2.45) is 0 Å². The Morgan fingerprint density at radius 2 is 1.93 bits per heavy atom. The number of hydrogen-bond acceptors (Lipinski definition) is 3. The highest BCUT2D eigenvalue weighted by molar-refractivity contribution is 5.74. The van der Waals surface area contributed by atoms with E-state index in [2.05, 4.69) is 5.10 Å². The Hall–Kier alpha value is -2.17. The lowest BCUT2D eigenvalue weighted by Gasteiger charge is -1.97. The van der Waals surface area contributed by atoms with Crippen molar-refractivity contribution >= 4 is 5.91 Å². The van der Waals surface area contributed by atoms with Crippen molar-refractivity contribution in [3.05, 3.63) is 47.1 Å². The summed E-state index contributed by atoms with van der Waals surface area (Å²) in [7, 11) is 0. The van der Waals surface area contributed by atoms with Gasteiger partial charge in [0.15, 0.2) is 0 Å². The maximum atomic E-state index is 11.7. The second-order valence-corrected chi connectivity index (χ2v) is 3.05. The minimum Gasteiger partial charge on any atom is -0.273 e. The standard InChI is InChI=1S/C10H9N3O2/c1-8(14)13-10(15)12(7-11-13)9-5-3-2-4-6-9/h2-7H,1H3. The molecular weight excluding hydrogens is 194 g/mol. The van der Waals surface area contributed by atoms with Crippen LogP contribution in [0.25, 0.3) is 5.69 Å². The van der Waals surface area contributed by atoms with E-state index in [1.54, 1.807) is 12.1 Å². The van der Waals surface area contributed by atoms with Gasteiger partial charge in [0.2, 0.25) is 5.91 Å². The molecule has 76 valence electrons. The molecule has 15 heavy (non-hydrogen) atoms. The van der Waals surface area contributed by atoms with Crippen molar-refractivity contribution in [2.45, 2.75) is 6.92 Å². The zero-order chi connectivity index (χ0) is 10.8. The monoisotopic (exact) mass is 203 g/mol. The first-order chi connectivity index (χ1) is 7.20. The van der Waals surface area contributed by atoms with Gasteiger partial charge in [0.1, 0.15) is 6.33 Å². The van der Waals surface area contributed by atoms with Crippen molar-refractivity contribution in [3.63, 3.8) is 0 Å². The van der Waals surface area contributed by atoms with E-state index in [1.807, 2.05) is 18.2 Å². The van der Waals surface area contributed by atoms with E-state index in [1.165, 1.54) is 17.8 Å². The highest BCUT2D eigenvalue weighted by Crippen LogP contribution is 2.01. The van der Waals surface area contributed by atoms with Crippen LogP contribution in [0.15, 0.2) is 41.5 Å². The summed E-state index contributed by atoms with van der Waals surface area (Å²) in [6.07, 6.45) is 1.33. The average Bonchev–Trinajstić information content (AvgIpc) is 2.61. The molecule has 1 aromatic heterocycles. The average molecular weight is 203 g/mol. The highest BCUT2D eigenvalue weighted by Gasteiger charge is 2.08. The Morgan fingerprint density at radius 3 is 2.47 bits per heavy atom. The molecule has 0 amide bonds. The molecule has 0 aliphatic rings. The number of hydrogen-bond donors (Lipinski definition) is 0. The van der Waals surface area contributed by atoms with E-state index >= 15 is 0 Å². The quantitative estimate of drug-likeness (QED) is 0.685. The second-order valence-electron chi connectivity index (χ2n) is 3.05. The smallest absolute Gasteiger partial charge is 0.273 e. The van der Waals surface area contributed by atoms with E-state index in [4.69, 9.17) is 0 Å². The second kappa shape index (κ2) is 3.53. The molecule has 1 heterocycles. The normalized spacial score (nSPS) is 10.2. The van der Waals surface area contributed by atoms with Gasteiger partial charge in [-0.3, -0.25) is 4.79 Å². The summed E-state index contributed by atoms with van der Waals surface area (Å²) in [6, 6.07) is 9.02. The maximum Gasteiger partial charge on any atom is 0.357 e. The van der Waals surface area contributed by atoms with Gasteiger partial charge < -0.3 is 0 Å². The molecule has 1 aromatic carbocycles. The number of nitrogens with zero attached hydrogens (tertiary/aromatic N) is 3.